The van der Waals surface area contributed by atoms with Crippen LogP contribution in [0.3, 0.4) is 0 Å². The highest BCUT2D eigenvalue weighted by Crippen LogP contribution is 2.44. The first-order valence-electron chi connectivity index (χ1n) is 21.9. The van der Waals surface area contributed by atoms with Crippen LogP contribution in [-0.4, -0.2) is 13.7 Å². The van der Waals surface area contributed by atoms with Gasteiger partial charge in [-0.1, -0.05) is 140 Å². The number of fused-ring (bicyclic) bond motifs is 12. The molecule has 3 nitrogen and oxygen atoms in total. The maximum atomic E-state index is 2.54. The van der Waals surface area contributed by atoms with Crippen molar-refractivity contribution in [3.8, 4) is 39.3 Å². The molecule has 0 fully saturated rings. The highest BCUT2D eigenvalue weighted by atomic mass is 32.1. The first kappa shape index (κ1) is 35.4. The van der Waals surface area contributed by atoms with Crippen LogP contribution in [0.25, 0.3) is 125 Å². The van der Waals surface area contributed by atoms with Crippen LogP contribution in [0.2, 0.25) is 0 Å². The maximum Gasteiger partial charge on any atom is 0.0640 e. The monoisotopic (exact) mass is 831 g/mol. The van der Waals surface area contributed by atoms with E-state index >= 15 is 0 Å². The molecule has 10 aromatic carbocycles. The third-order valence-electron chi connectivity index (χ3n) is 13.4. The second-order valence-corrected chi connectivity index (χ2v) is 17.9. The van der Waals surface area contributed by atoms with E-state index in [1.807, 2.05) is 11.3 Å². The van der Waals surface area contributed by atoms with Crippen molar-refractivity contribution < 1.29 is 0 Å². The number of nitrogens with zero attached hydrogens (tertiary/aromatic N) is 3. The fourth-order valence-corrected chi connectivity index (χ4v) is 11.8. The highest BCUT2D eigenvalue weighted by Gasteiger charge is 2.20. The Bertz CT molecular complexity index is 3970. The van der Waals surface area contributed by atoms with Gasteiger partial charge in [0.2, 0.25) is 0 Å². The SMILES string of the molecule is c1ccc(-n2c3ccccc3c3cc(-c4ccc5c6ccc(-c7ccc8c(c7)c7ccccc7n8-c7ccccc7)cc6n(-c6cccc7c6sc6ccccc67)c5c4)ccc32)cc1. The summed E-state index contributed by atoms with van der Waals surface area (Å²) in [5, 5.41) is 10.1. The molecule has 0 amide bonds. The van der Waals surface area contributed by atoms with E-state index < -0.39 is 0 Å². The lowest BCUT2D eigenvalue weighted by molar-refractivity contribution is 1.18. The van der Waals surface area contributed by atoms with Crippen LogP contribution in [0, 0.1) is 0 Å². The van der Waals surface area contributed by atoms with Crippen molar-refractivity contribution in [2.24, 2.45) is 0 Å². The Hall–Kier alpha value is -8.18. The molecule has 0 saturated carbocycles. The molecule has 14 rings (SSSR count). The first-order valence-corrected chi connectivity index (χ1v) is 22.7. The molecular weight excluding hydrogens is 795 g/mol. The van der Waals surface area contributed by atoms with Gasteiger partial charge in [0, 0.05) is 59.2 Å². The van der Waals surface area contributed by atoms with Crippen LogP contribution >= 0.6 is 11.3 Å². The number of aromatic nitrogens is 3. The molecule has 64 heavy (non-hydrogen) atoms. The van der Waals surface area contributed by atoms with Crippen molar-refractivity contribution in [1.82, 2.24) is 13.7 Å². The third kappa shape index (κ3) is 5.15. The van der Waals surface area contributed by atoms with Gasteiger partial charge in [0.05, 0.1) is 43.5 Å². The van der Waals surface area contributed by atoms with E-state index in [0.29, 0.717) is 0 Å². The lowest BCUT2D eigenvalue weighted by Crippen LogP contribution is -1.95. The van der Waals surface area contributed by atoms with Crippen molar-refractivity contribution in [2.75, 3.05) is 0 Å². The lowest BCUT2D eigenvalue weighted by atomic mass is 10.00. The normalized spacial score (nSPS) is 12.1. The molecule has 0 saturated heterocycles. The number of hydrogen-bond acceptors (Lipinski definition) is 1. The van der Waals surface area contributed by atoms with Crippen molar-refractivity contribution >= 4 is 96.9 Å². The van der Waals surface area contributed by atoms with Gasteiger partial charge < -0.3 is 13.7 Å². The summed E-state index contributed by atoms with van der Waals surface area (Å²) in [5.74, 6) is 0. The van der Waals surface area contributed by atoms with E-state index in [0.717, 1.165) is 0 Å². The molecule has 0 aliphatic rings. The van der Waals surface area contributed by atoms with Gasteiger partial charge in [0.15, 0.2) is 0 Å². The Kier molecular flexibility index (Phi) is 7.56. The summed E-state index contributed by atoms with van der Waals surface area (Å²) in [6.07, 6.45) is 0. The zero-order valence-electron chi connectivity index (χ0n) is 34.6. The predicted octanol–water partition coefficient (Wildman–Crippen LogP) is 16.7. The highest BCUT2D eigenvalue weighted by molar-refractivity contribution is 7.26. The maximum absolute atomic E-state index is 2.54. The fraction of sp³-hybridized carbons (Fsp3) is 0. The molecule has 0 bridgehead atoms. The van der Waals surface area contributed by atoms with Crippen LogP contribution in [0.15, 0.2) is 224 Å². The summed E-state index contributed by atoms with van der Waals surface area (Å²) in [7, 11) is 0. The molecule has 0 aliphatic heterocycles. The van der Waals surface area contributed by atoms with Gasteiger partial charge >= 0.3 is 0 Å². The molecule has 14 aromatic rings. The van der Waals surface area contributed by atoms with Gasteiger partial charge in [0.1, 0.15) is 0 Å². The molecule has 4 heteroatoms. The van der Waals surface area contributed by atoms with E-state index in [2.05, 4.69) is 238 Å². The first-order chi connectivity index (χ1) is 31.7. The molecule has 0 unspecified atom stereocenters. The summed E-state index contributed by atoms with van der Waals surface area (Å²) in [4.78, 5) is 0. The smallest absolute Gasteiger partial charge is 0.0640 e. The minimum atomic E-state index is 1.17. The Balaban J connectivity index is 1.000. The number of para-hydroxylation sites is 4. The Morgan fingerprint density at radius 1 is 0.250 bits per heavy atom. The van der Waals surface area contributed by atoms with Gasteiger partial charge in [-0.2, -0.15) is 0 Å². The minimum absolute atomic E-state index is 1.17. The third-order valence-corrected chi connectivity index (χ3v) is 14.6. The molecule has 0 atom stereocenters. The number of rotatable bonds is 5. The number of benzene rings is 10. The number of hydrogen-bond donors (Lipinski definition) is 0. The van der Waals surface area contributed by atoms with Gasteiger partial charge in [-0.15, -0.1) is 11.3 Å². The van der Waals surface area contributed by atoms with Crippen molar-refractivity contribution in [1.29, 1.82) is 0 Å². The zero-order valence-corrected chi connectivity index (χ0v) is 35.4. The molecule has 0 radical (unpaired) electrons. The summed E-state index contributed by atoms with van der Waals surface area (Å²) in [6, 6.07) is 82.7. The summed E-state index contributed by atoms with van der Waals surface area (Å²) in [6.45, 7) is 0. The molecule has 298 valence electrons. The Morgan fingerprint density at radius 3 is 1.23 bits per heavy atom. The van der Waals surface area contributed by atoms with Gasteiger partial charge in [0.25, 0.3) is 0 Å². The summed E-state index contributed by atoms with van der Waals surface area (Å²) < 4.78 is 9.91. The Labute approximate surface area is 372 Å². The van der Waals surface area contributed by atoms with Gasteiger partial charge in [-0.25, -0.2) is 0 Å². The quantitative estimate of drug-likeness (QED) is 0.164. The molecule has 0 aliphatic carbocycles. The van der Waals surface area contributed by atoms with E-state index in [1.165, 1.54) is 125 Å². The van der Waals surface area contributed by atoms with Crippen LogP contribution in [-0.2, 0) is 0 Å². The second kappa shape index (κ2) is 13.7. The molecule has 0 spiro atoms. The largest absolute Gasteiger partial charge is 0.309 e. The molecule has 4 aromatic heterocycles. The van der Waals surface area contributed by atoms with Crippen molar-refractivity contribution in [2.45, 2.75) is 0 Å². The van der Waals surface area contributed by atoms with E-state index in [4.69, 9.17) is 0 Å². The molecule has 4 heterocycles. The average molecular weight is 832 g/mol. The zero-order chi connectivity index (χ0) is 41.9. The van der Waals surface area contributed by atoms with E-state index in [1.54, 1.807) is 0 Å². The fourth-order valence-electron chi connectivity index (χ4n) is 10.6. The second-order valence-electron chi connectivity index (χ2n) is 16.9. The summed E-state index contributed by atoms with van der Waals surface area (Å²) >= 11 is 1.89. The number of thiophene rings is 1. The van der Waals surface area contributed by atoms with E-state index in [9.17, 15) is 0 Å². The average Bonchev–Trinajstić information content (AvgIpc) is 4.10. The summed E-state index contributed by atoms with van der Waals surface area (Å²) in [5.41, 5.74) is 15.6. The standard InChI is InChI=1S/C60H37N3S/c1-3-14-42(15-4-1)61-52-22-10-7-18-44(52)50-34-38(28-32-54(50)61)40-26-30-46-47-31-27-41(39-29-33-55-51(35-39)45-19-8-11-23-53(45)62(55)43-16-5-2-6-17-43)37-58(47)63(57(46)36-40)56-24-13-21-49-48-20-9-12-25-59(48)64-60(49)56/h1-37H. The molecular formula is C60H37N3S. The van der Waals surface area contributed by atoms with Crippen LogP contribution < -0.4 is 0 Å². The Morgan fingerprint density at radius 2 is 0.672 bits per heavy atom. The van der Waals surface area contributed by atoms with Crippen molar-refractivity contribution in [3.05, 3.63) is 224 Å². The minimum Gasteiger partial charge on any atom is -0.309 e. The van der Waals surface area contributed by atoms with Gasteiger partial charge in [-0.05, 0) is 107 Å². The van der Waals surface area contributed by atoms with Gasteiger partial charge in [-0.3, -0.25) is 0 Å². The molecule has 0 N–H and O–H groups in total. The van der Waals surface area contributed by atoms with Crippen LogP contribution in [0.1, 0.15) is 0 Å². The van der Waals surface area contributed by atoms with Crippen LogP contribution in [0.4, 0.5) is 0 Å². The van der Waals surface area contributed by atoms with E-state index in [-0.39, 0.29) is 0 Å². The lowest BCUT2D eigenvalue weighted by Gasteiger charge is -2.12. The van der Waals surface area contributed by atoms with Crippen molar-refractivity contribution in [3.63, 3.8) is 0 Å². The van der Waals surface area contributed by atoms with Crippen LogP contribution in [0.5, 0.6) is 0 Å². The predicted molar refractivity (Wildman–Crippen MR) is 273 cm³/mol. The topological polar surface area (TPSA) is 14.8 Å².